The Balaban J connectivity index is 0.000000134. The van der Waals surface area contributed by atoms with E-state index in [9.17, 15) is 0 Å². The normalized spacial score (nSPS) is 23.3. The molecule has 0 N–H and O–H groups in total. The van der Waals surface area contributed by atoms with Gasteiger partial charge in [-0.25, -0.2) is 4.39 Å². The van der Waals surface area contributed by atoms with Gasteiger partial charge in [0, 0.05) is 72.2 Å². The van der Waals surface area contributed by atoms with E-state index in [1.807, 2.05) is 24.4 Å². The number of benzene rings is 15. The molecule has 0 amide bonds. The van der Waals surface area contributed by atoms with Gasteiger partial charge in [-0.2, -0.15) is 0 Å². The molecule has 4 heteroatoms. The van der Waals surface area contributed by atoms with Crippen LogP contribution in [0.25, 0.3) is 111 Å². The highest BCUT2D eigenvalue weighted by atomic mass is 19.1. The van der Waals surface area contributed by atoms with Crippen molar-refractivity contribution in [3.63, 3.8) is 0 Å². The summed E-state index contributed by atoms with van der Waals surface area (Å²) in [6, 6.07) is 123. The lowest BCUT2D eigenvalue weighted by Gasteiger charge is -2.61. The van der Waals surface area contributed by atoms with Gasteiger partial charge in [0.25, 0.3) is 0 Å². The maximum absolute atomic E-state index is 16.4. The number of pyridine rings is 1. The molecule has 0 radical (unpaired) electrons. The van der Waals surface area contributed by atoms with Crippen molar-refractivity contribution in [2.24, 2.45) is 47.3 Å². The summed E-state index contributed by atoms with van der Waals surface area (Å²) in [4.78, 5) is 10.1. The van der Waals surface area contributed by atoms with Crippen LogP contribution in [0.1, 0.15) is 136 Å². The van der Waals surface area contributed by atoms with Crippen LogP contribution in [0.2, 0.25) is 0 Å². The number of anilines is 6. The van der Waals surface area contributed by atoms with Crippen molar-refractivity contribution in [1.29, 1.82) is 0 Å². The molecule has 1 heterocycles. The molecular weight excluding hydrogens is 1470 g/mol. The highest BCUT2D eigenvalue weighted by molar-refractivity contribution is 6.10. The summed E-state index contributed by atoms with van der Waals surface area (Å²) in [6.45, 7) is 9.40. The Labute approximate surface area is 710 Å². The number of fused-ring (bicyclic) bond motifs is 14. The summed E-state index contributed by atoms with van der Waals surface area (Å²) in [7, 11) is 0. The van der Waals surface area contributed by atoms with E-state index in [2.05, 4.69) is 347 Å². The Kier molecular flexibility index (Phi) is 15.8. The van der Waals surface area contributed by atoms with Gasteiger partial charge in [0.05, 0.1) is 22.6 Å². The van der Waals surface area contributed by atoms with E-state index >= 15 is 4.39 Å². The molecule has 586 valence electrons. The number of aromatic nitrogens is 1. The molecule has 28 rings (SSSR count). The molecule has 1 aromatic heterocycles. The maximum atomic E-state index is 16.4. The molecule has 0 atom stereocenters. The van der Waals surface area contributed by atoms with Crippen molar-refractivity contribution in [2.45, 2.75) is 114 Å². The molecule has 8 fully saturated rings. The number of hydrogen-bond acceptors (Lipinski definition) is 3. The van der Waals surface area contributed by atoms with Gasteiger partial charge in [0.1, 0.15) is 5.82 Å². The van der Waals surface area contributed by atoms with Crippen molar-refractivity contribution >= 4 is 55.8 Å². The molecule has 8 bridgehead atoms. The van der Waals surface area contributed by atoms with Crippen LogP contribution in [0.3, 0.4) is 0 Å². The summed E-state index contributed by atoms with van der Waals surface area (Å²) >= 11 is 0. The van der Waals surface area contributed by atoms with Gasteiger partial charge in [-0.05, 0) is 307 Å². The van der Waals surface area contributed by atoms with Gasteiger partial charge in [-0.1, -0.05) is 289 Å². The third kappa shape index (κ3) is 10.4. The van der Waals surface area contributed by atoms with E-state index in [0.717, 1.165) is 96.9 Å². The average molecular weight is 1560 g/mol. The second kappa shape index (κ2) is 26.7. The van der Waals surface area contributed by atoms with E-state index in [4.69, 9.17) is 4.98 Å². The van der Waals surface area contributed by atoms with Crippen LogP contribution in [0.5, 0.6) is 0 Å². The zero-order valence-electron chi connectivity index (χ0n) is 69.2. The van der Waals surface area contributed by atoms with Gasteiger partial charge in [-0.15, -0.1) is 0 Å². The molecule has 0 unspecified atom stereocenters. The maximum Gasteiger partial charge on any atom is 0.131 e. The van der Waals surface area contributed by atoms with Crippen LogP contribution < -0.4 is 9.80 Å². The lowest BCUT2D eigenvalue weighted by molar-refractivity contribution is -0.0399. The number of halogens is 1. The Hall–Kier alpha value is -12.5. The van der Waals surface area contributed by atoms with Crippen LogP contribution in [-0.2, 0) is 21.7 Å². The summed E-state index contributed by atoms with van der Waals surface area (Å²) in [5.41, 5.74) is 39.5. The first kappa shape index (κ1) is 71.4. The summed E-state index contributed by atoms with van der Waals surface area (Å²) < 4.78 is 16.4. The Morgan fingerprint density at radius 3 is 1.22 bits per heavy atom. The van der Waals surface area contributed by atoms with Crippen LogP contribution in [0.4, 0.5) is 38.5 Å². The second-order valence-corrected chi connectivity index (χ2v) is 38.6. The van der Waals surface area contributed by atoms with Crippen LogP contribution in [0.15, 0.2) is 340 Å². The number of nitrogens with zero attached hydrogens (tertiary/aromatic N) is 3. The molecular formula is C117H96FN3. The highest BCUT2D eigenvalue weighted by Gasteiger charge is 2.63. The van der Waals surface area contributed by atoms with Gasteiger partial charge in [-0.3, -0.25) is 4.98 Å². The smallest absolute Gasteiger partial charge is 0.131 e. The minimum atomic E-state index is -0.205. The number of para-hydroxylation sites is 1. The molecule has 2 spiro atoms. The van der Waals surface area contributed by atoms with E-state index < -0.39 is 0 Å². The zero-order valence-corrected chi connectivity index (χ0v) is 69.2. The molecule has 0 saturated heterocycles. The third-order valence-corrected chi connectivity index (χ3v) is 32.0. The SMILES string of the molecule is CC1(C)c2ccccc2-c2c(N(c3ccc(-c4ccccc4)cc3)c3ccnc4c(-c5ccc6c(c5)-c5ccccc5C65C6CC7CC(C6)CC5C7)cccc34)cccc21.CC1(C)c2ccccc2-c2cc(N(c3ccc(-c4ccccc4)cc3)c3cccc4c(F)ccc(-c5ccc6c(c5)-c5ccccc5C65C6CC7CC(C6)CC5C7)c34)ccc21. The minimum absolute atomic E-state index is 0.107. The number of hydrogen-bond donors (Lipinski definition) is 0. The molecule has 12 aliphatic rings. The lowest BCUT2D eigenvalue weighted by atomic mass is 9.43. The Bertz CT molecular complexity index is 6890. The Morgan fingerprint density at radius 2 is 0.653 bits per heavy atom. The van der Waals surface area contributed by atoms with Crippen LogP contribution in [-0.4, -0.2) is 4.98 Å². The van der Waals surface area contributed by atoms with E-state index in [0.29, 0.717) is 17.2 Å². The van der Waals surface area contributed by atoms with Crippen molar-refractivity contribution in [1.82, 2.24) is 4.98 Å². The fourth-order valence-corrected chi connectivity index (χ4v) is 27.5. The highest BCUT2D eigenvalue weighted by Crippen LogP contribution is 2.72. The summed E-state index contributed by atoms with van der Waals surface area (Å²) in [5, 5.41) is 2.70. The first-order chi connectivity index (χ1) is 59.4. The molecule has 3 nitrogen and oxygen atoms in total. The van der Waals surface area contributed by atoms with Crippen molar-refractivity contribution < 1.29 is 4.39 Å². The fraction of sp³-hybridized carbons (Fsp3) is 0.222. The zero-order chi connectivity index (χ0) is 80.4. The summed E-state index contributed by atoms with van der Waals surface area (Å²) in [5.74, 6) is 6.40. The number of rotatable bonds is 10. The minimum Gasteiger partial charge on any atom is -0.310 e. The van der Waals surface area contributed by atoms with Gasteiger partial charge < -0.3 is 9.80 Å². The molecule has 8 saturated carbocycles. The predicted octanol–water partition coefficient (Wildman–Crippen LogP) is 30.9. The molecule has 121 heavy (non-hydrogen) atoms. The Morgan fingerprint density at radius 1 is 0.264 bits per heavy atom. The standard InChI is InChI=1S/C59H48FN.C58H48N2/c1-58(2)51-16-8-6-13-46(51)50-35-44(24-27-52(50)58)61(43-22-19-39(20-23-43)38-11-4-3-5-12-38)56-18-10-15-48-55(60)28-25-45(57(48)56)40-21-26-54-49(34-40)47-14-7-9-17-53(47)59(54)41-30-36-29-37(32-41)33-42(59)31-36;1-57(2)49-18-8-7-15-46(49)55-52(57)20-11-21-54(55)60(43-25-22-39(23-26-43)38-12-4-3-5-13-38)53-28-29-59-56-44(16-10-17-47(53)56)40-24-27-51-48(35-40)45-14-6-9-19-50(45)58(51)41-31-36-30-37(33-41)34-42(58)32-36/h3-28,34-37,41-42H,29-33H2,1-2H3;3-29,35-37,41-42H,30-34H2,1-2H3. The van der Waals surface area contributed by atoms with E-state index in [1.165, 1.54) is 164 Å². The first-order valence-electron chi connectivity index (χ1n) is 44.8. The fourth-order valence-electron chi connectivity index (χ4n) is 27.5. The van der Waals surface area contributed by atoms with Crippen molar-refractivity contribution in [3.8, 4) is 89.0 Å². The lowest BCUT2D eigenvalue weighted by Crippen LogP contribution is -2.55. The third-order valence-electron chi connectivity index (χ3n) is 32.0. The van der Waals surface area contributed by atoms with Gasteiger partial charge >= 0.3 is 0 Å². The van der Waals surface area contributed by atoms with Crippen molar-refractivity contribution in [2.75, 3.05) is 9.80 Å². The molecule has 16 aromatic rings. The van der Waals surface area contributed by atoms with E-state index in [-0.39, 0.29) is 27.5 Å². The van der Waals surface area contributed by atoms with Gasteiger partial charge in [0.15, 0.2) is 0 Å². The van der Waals surface area contributed by atoms with Crippen LogP contribution in [0, 0.1) is 53.2 Å². The second-order valence-electron chi connectivity index (χ2n) is 38.6. The molecule has 15 aromatic carbocycles. The van der Waals surface area contributed by atoms with Crippen LogP contribution >= 0.6 is 0 Å². The quantitative estimate of drug-likeness (QED) is 0.136. The average Bonchev–Trinajstić information content (AvgIpc) is 1.51. The largest absolute Gasteiger partial charge is 0.310 e. The predicted molar refractivity (Wildman–Crippen MR) is 498 cm³/mol. The molecule has 12 aliphatic carbocycles. The van der Waals surface area contributed by atoms with Gasteiger partial charge in [0.2, 0.25) is 0 Å². The molecule has 0 aliphatic heterocycles. The van der Waals surface area contributed by atoms with E-state index in [1.54, 1.807) is 28.3 Å². The van der Waals surface area contributed by atoms with Crippen molar-refractivity contribution in [3.05, 3.63) is 390 Å². The topological polar surface area (TPSA) is 19.4 Å². The summed E-state index contributed by atoms with van der Waals surface area (Å²) in [6.07, 6.45) is 16.0. The first-order valence-corrected chi connectivity index (χ1v) is 44.8. The monoisotopic (exact) mass is 1560 g/mol.